The van der Waals surface area contributed by atoms with Gasteiger partial charge >= 0.3 is 0 Å². The van der Waals surface area contributed by atoms with Crippen LogP contribution in [0, 0.1) is 3.57 Å². The quantitative estimate of drug-likeness (QED) is 0.732. The number of phenols is 1. The maximum atomic E-state index is 12.4. The Labute approximate surface area is 145 Å². The number of hydrogen-bond donors (Lipinski definition) is 2. The molecule has 0 radical (unpaired) electrons. The predicted octanol–water partition coefficient (Wildman–Crippen LogP) is 3.13. The number of halogens is 1. The van der Waals surface area contributed by atoms with Gasteiger partial charge in [-0.25, -0.2) is 0 Å². The molecule has 2 heterocycles. The molecule has 2 fully saturated rings. The molecule has 2 N–H and O–H groups in total. The van der Waals surface area contributed by atoms with Crippen LogP contribution in [0.15, 0.2) is 18.2 Å². The highest BCUT2D eigenvalue weighted by Gasteiger charge is 2.34. The smallest absolute Gasteiger partial charge is 0.255 e. The van der Waals surface area contributed by atoms with Crippen LogP contribution in [0.5, 0.6) is 5.75 Å². The highest BCUT2D eigenvalue weighted by molar-refractivity contribution is 14.1. The summed E-state index contributed by atoms with van der Waals surface area (Å²) in [5.74, 6) is -0.0973. The minimum Gasteiger partial charge on any atom is -0.507 e. The van der Waals surface area contributed by atoms with E-state index in [1.807, 2.05) is 0 Å². The summed E-state index contributed by atoms with van der Waals surface area (Å²) in [6.45, 7) is 3.38. The molecule has 3 atom stereocenters. The number of nitrogens with one attached hydrogen (secondary N) is 1. The number of aromatic hydroxyl groups is 1. The number of rotatable bonds is 2. The molecule has 3 rings (SSSR count). The molecule has 120 valence electrons. The van der Waals surface area contributed by atoms with Crippen molar-refractivity contribution in [3.8, 4) is 5.75 Å². The van der Waals surface area contributed by atoms with Crippen LogP contribution in [0.25, 0.3) is 0 Å². The number of nitrogens with zero attached hydrogens (tertiary/aromatic N) is 1. The van der Waals surface area contributed by atoms with Crippen LogP contribution >= 0.6 is 22.6 Å². The van der Waals surface area contributed by atoms with Gasteiger partial charge in [0.1, 0.15) is 5.75 Å². The summed E-state index contributed by atoms with van der Waals surface area (Å²) in [4.78, 5) is 15.0. The summed E-state index contributed by atoms with van der Waals surface area (Å²) in [7, 11) is 0. The van der Waals surface area contributed by atoms with Gasteiger partial charge in [-0.3, -0.25) is 9.69 Å². The van der Waals surface area contributed by atoms with Crippen LogP contribution < -0.4 is 5.32 Å². The summed E-state index contributed by atoms with van der Waals surface area (Å²) < 4.78 is 0.955. The molecule has 2 aliphatic heterocycles. The topological polar surface area (TPSA) is 52.6 Å². The molecule has 0 unspecified atom stereocenters. The van der Waals surface area contributed by atoms with Crippen molar-refractivity contribution in [2.75, 3.05) is 6.54 Å². The van der Waals surface area contributed by atoms with Crippen LogP contribution in [0.2, 0.25) is 0 Å². The van der Waals surface area contributed by atoms with E-state index in [2.05, 4.69) is 39.7 Å². The van der Waals surface area contributed by atoms with Crippen LogP contribution in [-0.4, -0.2) is 40.6 Å². The fourth-order valence-electron chi connectivity index (χ4n) is 3.83. The lowest BCUT2D eigenvalue weighted by molar-refractivity contribution is 0.0457. The molecule has 2 aliphatic rings. The lowest BCUT2D eigenvalue weighted by Gasteiger charge is -2.46. The van der Waals surface area contributed by atoms with Crippen molar-refractivity contribution >= 4 is 28.5 Å². The second-order valence-electron chi connectivity index (χ2n) is 6.53. The monoisotopic (exact) mass is 414 g/mol. The zero-order valence-corrected chi connectivity index (χ0v) is 15.0. The number of amides is 1. The Morgan fingerprint density at radius 3 is 3.00 bits per heavy atom. The third-order valence-corrected chi connectivity index (χ3v) is 5.70. The van der Waals surface area contributed by atoms with Gasteiger partial charge in [0.25, 0.3) is 5.91 Å². The number of hydrogen-bond acceptors (Lipinski definition) is 3. The highest BCUT2D eigenvalue weighted by atomic mass is 127. The molecule has 22 heavy (non-hydrogen) atoms. The summed E-state index contributed by atoms with van der Waals surface area (Å²) in [6.07, 6.45) is 5.85. The average molecular weight is 414 g/mol. The molecule has 1 aromatic rings. The lowest BCUT2D eigenvalue weighted by atomic mass is 9.87. The van der Waals surface area contributed by atoms with E-state index >= 15 is 0 Å². The minimum atomic E-state index is -0.154. The van der Waals surface area contributed by atoms with Gasteiger partial charge in [-0.2, -0.15) is 0 Å². The summed E-state index contributed by atoms with van der Waals surface area (Å²) >= 11 is 2.16. The number of benzene rings is 1. The third kappa shape index (κ3) is 3.40. The van der Waals surface area contributed by atoms with Crippen molar-refractivity contribution in [2.45, 2.75) is 57.2 Å². The van der Waals surface area contributed by atoms with E-state index in [4.69, 9.17) is 0 Å². The van der Waals surface area contributed by atoms with Crippen molar-refractivity contribution < 1.29 is 9.90 Å². The van der Waals surface area contributed by atoms with Crippen molar-refractivity contribution in [2.24, 2.45) is 0 Å². The molecule has 0 aliphatic carbocycles. The van der Waals surface area contributed by atoms with Crippen LogP contribution in [0.1, 0.15) is 49.4 Å². The zero-order chi connectivity index (χ0) is 15.7. The van der Waals surface area contributed by atoms with Gasteiger partial charge in [-0.15, -0.1) is 0 Å². The van der Waals surface area contributed by atoms with Crippen LogP contribution in [0.4, 0.5) is 0 Å². The van der Waals surface area contributed by atoms with Gasteiger partial charge in [-0.05, 0) is 73.4 Å². The van der Waals surface area contributed by atoms with E-state index in [1.165, 1.54) is 19.3 Å². The Kier molecular flexibility index (Phi) is 4.92. The summed E-state index contributed by atoms with van der Waals surface area (Å²) in [5.41, 5.74) is 0.381. The molecule has 0 spiro atoms. The van der Waals surface area contributed by atoms with Crippen molar-refractivity contribution in [1.29, 1.82) is 0 Å². The largest absolute Gasteiger partial charge is 0.507 e. The lowest BCUT2D eigenvalue weighted by Crippen LogP contribution is -2.54. The Bertz CT molecular complexity index is 564. The molecular formula is C17H23IN2O2. The molecule has 5 heteroatoms. The maximum Gasteiger partial charge on any atom is 0.255 e. The van der Waals surface area contributed by atoms with E-state index in [1.54, 1.807) is 18.2 Å². The van der Waals surface area contributed by atoms with E-state index in [9.17, 15) is 9.90 Å². The second kappa shape index (κ2) is 6.74. The Balaban J connectivity index is 1.64. The van der Waals surface area contributed by atoms with Gasteiger partial charge < -0.3 is 10.4 Å². The third-order valence-electron chi connectivity index (χ3n) is 5.03. The number of carbonyl (C=O) groups excluding carboxylic acids is 1. The normalized spacial score (nSPS) is 28.9. The number of fused-ring (bicyclic) bond motifs is 1. The Morgan fingerprint density at radius 1 is 1.36 bits per heavy atom. The van der Waals surface area contributed by atoms with Crippen molar-refractivity contribution in [3.63, 3.8) is 0 Å². The fourth-order valence-corrected chi connectivity index (χ4v) is 4.32. The van der Waals surface area contributed by atoms with Crippen molar-refractivity contribution in [1.82, 2.24) is 10.2 Å². The summed E-state index contributed by atoms with van der Waals surface area (Å²) in [6, 6.07) is 6.62. The first-order valence-corrected chi connectivity index (χ1v) is 9.17. The van der Waals surface area contributed by atoms with Gasteiger partial charge in [0, 0.05) is 28.2 Å². The standard InChI is InChI=1S/C17H23IN2O2/c1-11-3-2-4-14-10-13(7-8-20(11)14)19-17(22)15-9-12(18)5-6-16(15)21/h5-6,9,11,13-14,21H,2-4,7-8,10H2,1H3,(H,19,22)/t11-,13+,14-/m1/s1. The number of phenolic OH excluding ortho intramolecular Hbond substituents is 1. The van der Waals surface area contributed by atoms with Crippen molar-refractivity contribution in [3.05, 3.63) is 27.3 Å². The molecule has 4 nitrogen and oxygen atoms in total. The van der Waals surface area contributed by atoms with Gasteiger partial charge in [0.05, 0.1) is 5.56 Å². The maximum absolute atomic E-state index is 12.4. The molecule has 2 saturated heterocycles. The highest BCUT2D eigenvalue weighted by Crippen LogP contribution is 2.30. The van der Waals surface area contributed by atoms with E-state index < -0.39 is 0 Å². The predicted molar refractivity (Wildman–Crippen MR) is 95.1 cm³/mol. The minimum absolute atomic E-state index is 0.0571. The molecule has 0 saturated carbocycles. The SMILES string of the molecule is C[C@@H]1CCC[C@@H]2C[C@@H](NC(=O)c3cc(I)ccc3O)CCN21. The Morgan fingerprint density at radius 2 is 2.18 bits per heavy atom. The first kappa shape index (κ1) is 16.1. The van der Waals surface area contributed by atoms with Gasteiger partial charge in [0.2, 0.25) is 0 Å². The average Bonchev–Trinajstić information content (AvgIpc) is 2.50. The second-order valence-corrected chi connectivity index (χ2v) is 7.77. The number of carbonyl (C=O) groups is 1. The first-order valence-electron chi connectivity index (χ1n) is 8.09. The molecule has 0 bridgehead atoms. The zero-order valence-electron chi connectivity index (χ0n) is 12.9. The van der Waals surface area contributed by atoms with E-state index in [0.29, 0.717) is 17.6 Å². The van der Waals surface area contributed by atoms with Crippen LogP contribution in [0.3, 0.4) is 0 Å². The Hall–Kier alpha value is -0.820. The molecule has 1 aromatic carbocycles. The summed E-state index contributed by atoms with van der Waals surface area (Å²) in [5, 5.41) is 13.0. The number of piperidine rings is 2. The molecule has 0 aromatic heterocycles. The van der Waals surface area contributed by atoms with E-state index in [0.717, 1.165) is 23.0 Å². The first-order chi connectivity index (χ1) is 10.5. The van der Waals surface area contributed by atoms with E-state index in [-0.39, 0.29) is 17.7 Å². The molecular weight excluding hydrogens is 391 g/mol. The van der Waals surface area contributed by atoms with Gasteiger partial charge in [-0.1, -0.05) is 6.42 Å². The molecule has 1 amide bonds. The fraction of sp³-hybridized carbons (Fsp3) is 0.588. The van der Waals surface area contributed by atoms with Gasteiger partial charge in [0.15, 0.2) is 0 Å². The van der Waals surface area contributed by atoms with Crippen LogP contribution in [-0.2, 0) is 0 Å².